The topological polar surface area (TPSA) is 87.7 Å². The van der Waals surface area contributed by atoms with Gasteiger partial charge in [0.2, 0.25) is 0 Å². The lowest BCUT2D eigenvalue weighted by Gasteiger charge is -2.34. The van der Waals surface area contributed by atoms with Crippen molar-refractivity contribution in [2.45, 2.75) is 48.8 Å². The molecule has 0 unspecified atom stereocenters. The number of rotatable bonds is 5. The summed E-state index contributed by atoms with van der Waals surface area (Å²) in [5.74, 6) is -0.985. The van der Waals surface area contributed by atoms with E-state index in [0.717, 1.165) is 12.8 Å². The molecular weight excluding hydrogens is 292 g/mol. The van der Waals surface area contributed by atoms with E-state index in [4.69, 9.17) is 4.74 Å². The Balaban J connectivity index is 1.89. The van der Waals surface area contributed by atoms with Crippen molar-refractivity contribution < 1.29 is 19.4 Å². The normalized spacial score (nSPS) is 23.5. The molecular formula is C14H24N2O4S. The highest BCUT2D eigenvalue weighted by Gasteiger charge is 2.42. The van der Waals surface area contributed by atoms with E-state index in [-0.39, 0.29) is 10.8 Å². The summed E-state index contributed by atoms with van der Waals surface area (Å²) in [6.45, 7) is 1.31. The number of hydrogen-bond acceptors (Lipinski definition) is 4. The molecule has 2 rings (SSSR count). The van der Waals surface area contributed by atoms with Crippen molar-refractivity contribution in [3.63, 3.8) is 0 Å². The molecule has 0 bridgehead atoms. The predicted octanol–water partition coefficient (Wildman–Crippen LogP) is 1.60. The molecule has 2 aliphatic rings. The van der Waals surface area contributed by atoms with Crippen molar-refractivity contribution in [3.8, 4) is 0 Å². The molecule has 1 saturated heterocycles. The standard InChI is InChI=1S/C14H24N2O4S/c1-21-13(4-2-3-5-13)10-15-12(19)16-14(11(17)18)6-8-20-9-7-14/h2-10H2,1H3,(H,17,18)(H2,15,16,19). The summed E-state index contributed by atoms with van der Waals surface area (Å²) >= 11 is 1.79. The van der Waals surface area contributed by atoms with Gasteiger partial charge in [0.15, 0.2) is 0 Å². The van der Waals surface area contributed by atoms with E-state index in [2.05, 4.69) is 16.9 Å². The molecule has 0 radical (unpaired) electrons. The number of thioether (sulfide) groups is 1. The SMILES string of the molecule is CSC1(CNC(=O)NC2(C(=O)O)CCOCC2)CCCC1. The van der Waals surface area contributed by atoms with Gasteiger partial charge in [0.1, 0.15) is 5.54 Å². The molecule has 0 spiro atoms. The first kappa shape index (κ1) is 16.4. The zero-order valence-electron chi connectivity index (χ0n) is 12.4. The van der Waals surface area contributed by atoms with Gasteiger partial charge in [0, 0.05) is 37.3 Å². The van der Waals surface area contributed by atoms with E-state index >= 15 is 0 Å². The quantitative estimate of drug-likeness (QED) is 0.717. The molecule has 21 heavy (non-hydrogen) atoms. The highest BCUT2D eigenvalue weighted by atomic mass is 32.2. The largest absolute Gasteiger partial charge is 0.480 e. The number of nitrogens with one attached hydrogen (secondary N) is 2. The zero-order valence-corrected chi connectivity index (χ0v) is 13.3. The fourth-order valence-corrected chi connectivity index (χ4v) is 4.00. The molecule has 0 aromatic heterocycles. The van der Waals surface area contributed by atoms with E-state index in [0.29, 0.717) is 32.6 Å². The van der Waals surface area contributed by atoms with Gasteiger partial charge in [-0.2, -0.15) is 11.8 Å². The van der Waals surface area contributed by atoms with Crippen LogP contribution in [0.1, 0.15) is 38.5 Å². The highest BCUT2D eigenvalue weighted by Crippen LogP contribution is 2.39. The van der Waals surface area contributed by atoms with Gasteiger partial charge in [-0.3, -0.25) is 0 Å². The molecule has 0 atom stereocenters. The lowest BCUT2D eigenvalue weighted by Crippen LogP contribution is -2.60. The minimum Gasteiger partial charge on any atom is -0.480 e. The minimum absolute atomic E-state index is 0.114. The van der Waals surface area contributed by atoms with Gasteiger partial charge >= 0.3 is 12.0 Å². The summed E-state index contributed by atoms with van der Waals surface area (Å²) in [4.78, 5) is 23.6. The molecule has 1 heterocycles. The number of ether oxygens (including phenoxy) is 1. The summed E-state index contributed by atoms with van der Waals surface area (Å²) in [6.07, 6.45) is 7.29. The van der Waals surface area contributed by atoms with Crippen LogP contribution in [0.2, 0.25) is 0 Å². The number of aliphatic carboxylic acids is 1. The maximum absolute atomic E-state index is 12.1. The van der Waals surface area contributed by atoms with Crippen LogP contribution in [0.4, 0.5) is 4.79 Å². The van der Waals surface area contributed by atoms with Gasteiger partial charge in [-0.1, -0.05) is 12.8 Å². The molecule has 120 valence electrons. The van der Waals surface area contributed by atoms with Crippen LogP contribution in [-0.4, -0.2) is 53.4 Å². The van der Waals surface area contributed by atoms with Crippen molar-refractivity contribution in [2.24, 2.45) is 0 Å². The Hall–Kier alpha value is -0.950. The number of carboxylic acid groups (broad SMARTS) is 1. The van der Waals surface area contributed by atoms with Crippen LogP contribution in [0.5, 0.6) is 0 Å². The molecule has 1 saturated carbocycles. The second kappa shape index (κ2) is 6.87. The van der Waals surface area contributed by atoms with Crippen LogP contribution in [0.25, 0.3) is 0 Å². The Labute approximate surface area is 129 Å². The summed E-state index contributed by atoms with van der Waals surface area (Å²) in [7, 11) is 0. The van der Waals surface area contributed by atoms with Crippen LogP contribution in [0, 0.1) is 0 Å². The second-order valence-corrected chi connectivity index (χ2v) is 7.18. The highest BCUT2D eigenvalue weighted by molar-refractivity contribution is 8.00. The van der Waals surface area contributed by atoms with Gasteiger partial charge in [0.25, 0.3) is 0 Å². The summed E-state index contributed by atoms with van der Waals surface area (Å²) in [6, 6.07) is -0.389. The van der Waals surface area contributed by atoms with E-state index in [9.17, 15) is 14.7 Å². The first-order valence-corrected chi connectivity index (χ1v) is 8.67. The Kier molecular flexibility index (Phi) is 5.37. The van der Waals surface area contributed by atoms with Gasteiger partial charge in [-0.25, -0.2) is 9.59 Å². The molecule has 2 amide bonds. The van der Waals surface area contributed by atoms with Crippen molar-refractivity contribution in [1.29, 1.82) is 0 Å². The number of carbonyl (C=O) groups is 2. The number of amides is 2. The van der Waals surface area contributed by atoms with E-state index in [1.54, 1.807) is 11.8 Å². The molecule has 1 aliphatic heterocycles. The van der Waals surface area contributed by atoms with E-state index in [1.807, 2.05) is 0 Å². The maximum atomic E-state index is 12.1. The van der Waals surface area contributed by atoms with Crippen LogP contribution in [0.15, 0.2) is 0 Å². The van der Waals surface area contributed by atoms with E-state index < -0.39 is 11.5 Å². The Bertz CT molecular complexity index is 390. The predicted molar refractivity (Wildman–Crippen MR) is 81.7 cm³/mol. The summed E-state index contributed by atoms with van der Waals surface area (Å²) in [5.41, 5.74) is -1.19. The van der Waals surface area contributed by atoms with Gasteiger partial charge in [-0.05, 0) is 19.1 Å². The molecule has 7 heteroatoms. The third-order valence-corrected chi connectivity index (χ3v) is 6.05. The molecule has 0 aromatic rings. The molecule has 3 N–H and O–H groups in total. The number of carbonyl (C=O) groups excluding carboxylic acids is 1. The van der Waals surface area contributed by atoms with Gasteiger partial charge in [0.05, 0.1) is 0 Å². The fraction of sp³-hybridized carbons (Fsp3) is 0.857. The smallest absolute Gasteiger partial charge is 0.329 e. The van der Waals surface area contributed by atoms with Crippen molar-refractivity contribution in [1.82, 2.24) is 10.6 Å². The third-order valence-electron chi connectivity index (χ3n) is 4.63. The Morgan fingerprint density at radius 3 is 2.33 bits per heavy atom. The second-order valence-electron chi connectivity index (χ2n) is 5.90. The Morgan fingerprint density at radius 1 is 1.19 bits per heavy atom. The van der Waals surface area contributed by atoms with Crippen LogP contribution < -0.4 is 10.6 Å². The summed E-state index contributed by atoms with van der Waals surface area (Å²) < 4.78 is 5.31. The van der Waals surface area contributed by atoms with Gasteiger partial charge in [-0.15, -0.1) is 0 Å². The Morgan fingerprint density at radius 2 is 1.81 bits per heavy atom. The molecule has 0 aromatic carbocycles. The lowest BCUT2D eigenvalue weighted by atomic mass is 9.90. The van der Waals surface area contributed by atoms with Crippen molar-refractivity contribution >= 4 is 23.8 Å². The van der Waals surface area contributed by atoms with Crippen LogP contribution >= 0.6 is 11.8 Å². The average Bonchev–Trinajstić information content (AvgIpc) is 2.95. The zero-order chi connectivity index (χ0) is 15.3. The number of carboxylic acids is 1. The van der Waals surface area contributed by atoms with Crippen molar-refractivity contribution in [3.05, 3.63) is 0 Å². The first-order chi connectivity index (χ1) is 10.0. The monoisotopic (exact) mass is 316 g/mol. The minimum atomic E-state index is -1.19. The molecule has 2 fully saturated rings. The third kappa shape index (κ3) is 3.83. The van der Waals surface area contributed by atoms with E-state index in [1.165, 1.54) is 12.8 Å². The average molecular weight is 316 g/mol. The molecule has 1 aliphatic carbocycles. The van der Waals surface area contributed by atoms with Gasteiger partial charge < -0.3 is 20.5 Å². The lowest BCUT2D eigenvalue weighted by molar-refractivity contribution is -0.148. The number of hydrogen-bond donors (Lipinski definition) is 3. The van der Waals surface area contributed by atoms with Crippen LogP contribution in [-0.2, 0) is 9.53 Å². The summed E-state index contributed by atoms with van der Waals surface area (Å²) in [5, 5.41) is 14.9. The first-order valence-electron chi connectivity index (χ1n) is 7.44. The fourth-order valence-electron chi connectivity index (χ4n) is 3.09. The van der Waals surface area contributed by atoms with Crippen molar-refractivity contribution in [2.75, 3.05) is 26.0 Å². The van der Waals surface area contributed by atoms with Crippen LogP contribution in [0.3, 0.4) is 0 Å². The molecule has 6 nitrogen and oxygen atoms in total. The maximum Gasteiger partial charge on any atom is 0.329 e. The number of urea groups is 1.